The van der Waals surface area contributed by atoms with Gasteiger partial charge in [-0.15, -0.1) is 0 Å². The van der Waals surface area contributed by atoms with E-state index in [0.29, 0.717) is 11.8 Å². The van der Waals surface area contributed by atoms with Crippen molar-refractivity contribution in [3.8, 4) is 5.88 Å². The molecule has 0 spiro atoms. The van der Waals surface area contributed by atoms with Gasteiger partial charge in [0.2, 0.25) is 11.8 Å². The first-order valence-electron chi connectivity index (χ1n) is 6.98. The maximum absolute atomic E-state index is 5.65. The second-order valence-electron chi connectivity index (χ2n) is 5.77. The van der Waals surface area contributed by atoms with Gasteiger partial charge in [0.25, 0.3) is 0 Å². The molecule has 0 unspecified atom stereocenters. The number of aryl methyl sites for hydroxylation is 1. The SMILES string of the molecule is Cc1cc(OC(C)C)nc(NC2(C)CCNCC2)n1. The Kier molecular flexibility index (Phi) is 4.24. The number of anilines is 1. The minimum Gasteiger partial charge on any atom is -0.475 e. The first kappa shape index (κ1) is 14.1. The monoisotopic (exact) mass is 264 g/mol. The zero-order chi connectivity index (χ0) is 13.9. The van der Waals surface area contributed by atoms with Gasteiger partial charge in [0, 0.05) is 17.3 Å². The molecule has 2 heterocycles. The molecule has 19 heavy (non-hydrogen) atoms. The molecule has 0 atom stereocenters. The second-order valence-corrected chi connectivity index (χ2v) is 5.77. The van der Waals surface area contributed by atoms with Gasteiger partial charge in [-0.25, -0.2) is 4.98 Å². The van der Waals surface area contributed by atoms with E-state index in [4.69, 9.17) is 4.74 Å². The summed E-state index contributed by atoms with van der Waals surface area (Å²) in [5.41, 5.74) is 0.986. The minimum absolute atomic E-state index is 0.0636. The molecule has 1 aliphatic rings. The third kappa shape index (κ3) is 4.06. The number of rotatable bonds is 4. The molecule has 1 aromatic rings. The van der Waals surface area contributed by atoms with Crippen LogP contribution in [0.5, 0.6) is 5.88 Å². The molecule has 0 radical (unpaired) electrons. The Hall–Kier alpha value is -1.36. The van der Waals surface area contributed by atoms with E-state index in [0.717, 1.165) is 31.6 Å². The number of hydrogen-bond donors (Lipinski definition) is 2. The highest BCUT2D eigenvalue weighted by Gasteiger charge is 2.27. The number of ether oxygens (including phenoxy) is 1. The van der Waals surface area contributed by atoms with Crippen LogP contribution in [-0.4, -0.2) is 34.7 Å². The largest absolute Gasteiger partial charge is 0.475 e. The Labute approximate surface area is 115 Å². The zero-order valence-corrected chi connectivity index (χ0v) is 12.3. The number of hydrogen-bond acceptors (Lipinski definition) is 5. The molecule has 0 bridgehead atoms. The summed E-state index contributed by atoms with van der Waals surface area (Å²) in [7, 11) is 0. The van der Waals surface area contributed by atoms with Gasteiger partial charge in [0.05, 0.1) is 6.10 Å². The van der Waals surface area contributed by atoms with Crippen molar-refractivity contribution in [2.24, 2.45) is 0 Å². The molecule has 1 aromatic heterocycles. The second kappa shape index (κ2) is 5.74. The highest BCUT2D eigenvalue weighted by molar-refractivity contribution is 5.34. The number of nitrogens with zero attached hydrogens (tertiary/aromatic N) is 2. The Morgan fingerprint density at radius 3 is 2.63 bits per heavy atom. The van der Waals surface area contributed by atoms with E-state index in [1.54, 1.807) is 0 Å². The van der Waals surface area contributed by atoms with Crippen LogP contribution in [0.2, 0.25) is 0 Å². The molecular formula is C14H24N4O. The Bertz CT molecular complexity index is 427. The summed E-state index contributed by atoms with van der Waals surface area (Å²) < 4.78 is 5.65. The zero-order valence-electron chi connectivity index (χ0n) is 12.3. The molecule has 5 nitrogen and oxygen atoms in total. The Morgan fingerprint density at radius 2 is 2.00 bits per heavy atom. The molecular weight excluding hydrogens is 240 g/mol. The highest BCUT2D eigenvalue weighted by Crippen LogP contribution is 2.23. The Morgan fingerprint density at radius 1 is 1.32 bits per heavy atom. The molecule has 0 aliphatic carbocycles. The molecule has 1 aliphatic heterocycles. The van der Waals surface area contributed by atoms with Gasteiger partial charge >= 0.3 is 0 Å². The molecule has 0 amide bonds. The quantitative estimate of drug-likeness (QED) is 0.872. The van der Waals surface area contributed by atoms with Gasteiger partial charge in [-0.2, -0.15) is 4.98 Å². The summed E-state index contributed by atoms with van der Waals surface area (Å²) >= 11 is 0. The van der Waals surface area contributed by atoms with Crippen molar-refractivity contribution in [3.05, 3.63) is 11.8 Å². The fourth-order valence-electron chi connectivity index (χ4n) is 2.27. The summed E-state index contributed by atoms with van der Waals surface area (Å²) in [5.74, 6) is 1.31. The van der Waals surface area contributed by atoms with Crippen molar-refractivity contribution in [1.82, 2.24) is 15.3 Å². The minimum atomic E-state index is 0.0636. The lowest BCUT2D eigenvalue weighted by Gasteiger charge is -2.35. The van der Waals surface area contributed by atoms with Crippen molar-refractivity contribution in [2.75, 3.05) is 18.4 Å². The van der Waals surface area contributed by atoms with Crippen LogP contribution < -0.4 is 15.4 Å². The first-order chi connectivity index (χ1) is 8.97. The summed E-state index contributed by atoms with van der Waals surface area (Å²) in [6.45, 7) is 10.2. The smallest absolute Gasteiger partial charge is 0.226 e. The van der Waals surface area contributed by atoms with Crippen LogP contribution in [0.15, 0.2) is 6.07 Å². The summed E-state index contributed by atoms with van der Waals surface area (Å²) in [6, 6.07) is 1.87. The van der Waals surface area contributed by atoms with E-state index >= 15 is 0 Å². The lowest BCUT2D eigenvalue weighted by atomic mass is 9.91. The summed E-state index contributed by atoms with van der Waals surface area (Å²) in [5, 5.41) is 6.84. The molecule has 0 saturated carbocycles. The maximum Gasteiger partial charge on any atom is 0.226 e. The topological polar surface area (TPSA) is 59.1 Å². The summed E-state index contributed by atoms with van der Waals surface area (Å²) in [4.78, 5) is 8.91. The van der Waals surface area contributed by atoms with Crippen LogP contribution in [0.4, 0.5) is 5.95 Å². The van der Waals surface area contributed by atoms with Gasteiger partial charge in [-0.05, 0) is 53.6 Å². The van der Waals surface area contributed by atoms with Crippen LogP contribution in [0.3, 0.4) is 0 Å². The highest BCUT2D eigenvalue weighted by atomic mass is 16.5. The van der Waals surface area contributed by atoms with E-state index < -0.39 is 0 Å². The Balaban J connectivity index is 2.12. The molecule has 5 heteroatoms. The van der Waals surface area contributed by atoms with Crippen LogP contribution in [0.1, 0.15) is 39.3 Å². The fourth-order valence-corrected chi connectivity index (χ4v) is 2.27. The molecule has 2 N–H and O–H groups in total. The van der Waals surface area contributed by atoms with Crippen molar-refractivity contribution in [2.45, 2.75) is 52.2 Å². The van der Waals surface area contributed by atoms with E-state index in [-0.39, 0.29) is 11.6 Å². The van der Waals surface area contributed by atoms with E-state index in [2.05, 4.69) is 27.5 Å². The summed E-state index contributed by atoms with van der Waals surface area (Å²) in [6.07, 6.45) is 2.27. The van der Waals surface area contributed by atoms with Gasteiger partial charge in [-0.1, -0.05) is 0 Å². The molecule has 0 aromatic carbocycles. The predicted octanol–water partition coefficient (Wildman–Crippen LogP) is 2.13. The van der Waals surface area contributed by atoms with Crippen molar-refractivity contribution >= 4 is 5.95 Å². The van der Waals surface area contributed by atoms with E-state index in [1.165, 1.54) is 0 Å². The molecule has 106 valence electrons. The van der Waals surface area contributed by atoms with Crippen LogP contribution in [-0.2, 0) is 0 Å². The molecule has 2 rings (SSSR count). The molecule has 1 fully saturated rings. The third-order valence-corrected chi connectivity index (χ3v) is 3.31. The fraction of sp³-hybridized carbons (Fsp3) is 0.714. The average molecular weight is 264 g/mol. The van der Waals surface area contributed by atoms with Crippen molar-refractivity contribution < 1.29 is 4.74 Å². The van der Waals surface area contributed by atoms with Gasteiger partial charge in [0.1, 0.15) is 0 Å². The van der Waals surface area contributed by atoms with Gasteiger partial charge < -0.3 is 15.4 Å². The van der Waals surface area contributed by atoms with Gasteiger partial charge in [-0.3, -0.25) is 0 Å². The first-order valence-corrected chi connectivity index (χ1v) is 6.98. The lowest BCUT2D eigenvalue weighted by molar-refractivity contribution is 0.232. The van der Waals surface area contributed by atoms with Crippen LogP contribution in [0, 0.1) is 6.92 Å². The standard InChI is InChI=1S/C14H24N4O/c1-10(2)19-12-9-11(3)16-13(17-12)18-14(4)5-7-15-8-6-14/h9-10,15H,5-8H2,1-4H3,(H,16,17,18). The van der Waals surface area contributed by atoms with Gasteiger partial charge in [0.15, 0.2) is 0 Å². The predicted molar refractivity (Wildman–Crippen MR) is 76.7 cm³/mol. The van der Waals surface area contributed by atoms with Crippen LogP contribution in [0.25, 0.3) is 0 Å². The number of nitrogens with one attached hydrogen (secondary N) is 2. The van der Waals surface area contributed by atoms with Crippen molar-refractivity contribution in [1.29, 1.82) is 0 Å². The van der Waals surface area contributed by atoms with E-state index in [9.17, 15) is 0 Å². The number of aromatic nitrogens is 2. The van der Waals surface area contributed by atoms with Crippen molar-refractivity contribution in [3.63, 3.8) is 0 Å². The van der Waals surface area contributed by atoms with E-state index in [1.807, 2.05) is 26.8 Å². The lowest BCUT2D eigenvalue weighted by Crippen LogP contribution is -2.45. The average Bonchev–Trinajstić information content (AvgIpc) is 2.27. The normalized spacial score (nSPS) is 18.4. The third-order valence-electron chi connectivity index (χ3n) is 3.31. The maximum atomic E-state index is 5.65. The number of piperidine rings is 1. The molecule has 1 saturated heterocycles. The van der Waals surface area contributed by atoms with Crippen LogP contribution >= 0.6 is 0 Å².